The second-order valence-corrected chi connectivity index (χ2v) is 6.13. The van der Waals surface area contributed by atoms with E-state index in [-0.39, 0.29) is 24.3 Å². The molecule has 0 bridgehead atoms. The normalized spacial score (nSPS) is 16.3. The van der Waals surface area contributed by atoms with Crippen LogP contribution in [-0.4, -0.2) is 28.8 Å². The van der Waals surface area contributed by atoms with Crippen molar-refractivity contribution in [1.29, 1.82) is 0 Å². The Balaban J connectivity index is 4.68. The molecule has 1 amide bonds. The highest BCUT2D eigenvalue weighted by atomic mass is 16.6. The van der Waals surface area contributed by atoms with Crippen LogP contribution < -0.4 is 5.32 Å². The molecule has 0 spiro atoms. The van der Waals surface area contributed by atoms with E-state index >= 15 is 0 Å². The molecule has 0 heterocycles. The molecule has 0 aromatic rings. The lowest BCUT2D eigenvalue weighted by Crippen LogP contribution is -2.46. The summed E-state index contributed by atoms with van der Waals surface area (Å²) in [5.74, 6) is -0.798. The molecule has 5 heteroatoms. The number of aliphatic carboxylic acids is 1. The zero-order chi connectivity index (χ0) is 15.2. The maximum absolute atomic E-state index is 11.8. The van der Waals surface area contributed by atoms with Crippen LogP contribution in [0.4, 0.5) is 4.79 Å². The van der Waals surface area contributed by atoms with Crippen molar-refractivity contribution in [2.24, 2.45) is 11.8 Å². The number of alkyl carbamates (subject to hydrolysis) is 1. The molecule has 0 radical (unpaired) electrons. The van der Waals surface area contributed by atoms with Crippen molar-refractivity contribution in [2.45, 2.75) is 66.0 Å². The SMILES string of the molecule is CC[C@H](C)[C@H](NC(=O)OC(C)(C)C)[C@@H](C)CC(=O)O. The molecule has 0 unspecified atom stereocenters. The first-order chi connectivity index (χ1) is 8.56. The Kier molecular flexibility index (Phi) is 6.87. The topological polar surface area (TPSA) is 75.6 Å². The van der Waals surface area contributed by atoms with Crippen LogP contribution in [-0.2, 0) is 9.53 Å². The molecular formula is C14H27NO4. The molecule has 0 saturated carbocycles. The first-order valence-electron chi connectivity index (χ1n) is 6.78. The average molecular weight is 273 g/mol. The first-order valence-corrected chi connectivity index (χ1v) is 6.78. The number of nitrogens with one attached hydrogen (secondary N) is 1. The van der Waals surface area contributed by atoms with Crippen LogP contribution in [0.5, 0.6) is 0 Å². The molecule has 112 valence electrons. The molecule has 0 aliphatic carbocycles. The molecule has 3 atom stereocenters. The van der Waals surface area contributed by atoms with Gasteiger partial charge in [-0.15, -0.1) is 0 Å². The summed E-state index contributed by atoms with van der Waals surface area (Å²) in [4.78, 5) is 22.6. The Labute approximate surface area is 115 Å². The lowest BCUT2D eigenvalue weighted by Gasteiger charge is -2.30. The van der Waals surface area contributed by atoms with Crippen LogP contribution >= 0.6 is 0 Å². The van der Waals surface area contributed by atoms with Crippen LogP contribution in [0, 0.1) is 11.8 Å². The maximum atomic E-state index is 11.8. The van der Waals surface area contributed by atoms with Crippen molar-refractivity contribution < 1.29 is 19.4 Å². The van der Waals surface area contributed by atoms with Gasteiger partial charge in [-0.1, -0.05) is 27.2 Å². The quantitative estimate of drug-likeness (QED) is 0.780. The molecule has 5 nitrogen and oxygen atoms in total. The number of ether oxygens (including phenoxy) is 1. The summed E-state index contributed by atoms with van der Waals surface area (Å²) in [6.07, 6.45) is 0.407. The van der Waals surface area contributed by atoms with Gasteiger partial charge in [0.05, 0.1) is 0 Å². The van der Waals surface area contributed by atoms with Crippen LogP contribution in [0.2, 0.25) is 0 Å². The van der Waals surface area contributed by atoms with Crippen molar-refractivity contribution in [3.63, 3.8) is 0 Å². The largest absolute Gasteiger partial charge is 0.481 e. The summed E-state index contributed by atoms with van der Waals surface area (Å²) in [5.41, 5.74) is -0.555. The number of carboxylic acids is 1. The number of carbonyl (C=O) groups is 2. The number of amides is 1. The van der Waals surface area contributed by atoms with Crippen LogP contribution in [0.1, 0.15) is 54.4 Å². The fourth-order valence-corrected chi connectivity index (χ4v) is 1.95. The zero-order valence-corrected chi connectivity index (χ0v) is 12.8. The van der Waals surface area contributed by atoms with Gasteiger partial charge in [-0.3, -0.25) is 4.79 Å². The summed E-state index contributed by atoms with van der Waals surface area (Å²) in [5, 5.41) is 11.7. The monoisotopic (exact) mass is 273 g/mol. The minimum atomic E-state index is -0.855. The lowest BCUT2D eigenvalue weighted by atomic mass is 9.87. The van der Waals surface area contributed by atoms with Crippen molar-refractivity contribution in [3.05, 3.63) is 0 Å². The molecule has 0 aliphatic heterocycles. The summed E-state index contributed by atoms with van der Waals surface area (Å²) in [7, 11) is 0. The molecule has 19 heavy (non-hydrogen) atoms. The van der Waals surface area contributed by atoms with Gasteiger partial charge < -0.3 is 15.2 Å². The summed E-state index contributed by atoms with van der Waals surface area (Å²) in [6, 6.07) is -0.198. The summed E-state index contributed by atoms with van der Waals surface area (Å²) >= 11 is 0. The zero-order valence-electron chi connectivity index (χ0n) is 12.8. The third-order valence-corrected chi connectivity index (χ3v) is 3.05. The number of carbonyl (C=O) groups excluding carboxylic acids is 1. The van der Waals surface area contributed by atoms with Gasteiger partial charge in [-0.25, -0.2) is 4.79 Å². The minimum absolute atomic E-state index is 0.0325. The van der Waals surface area contributed by atoms with E-state index in [1.54, 1.807) is 20.8 Å². The van der Waals surface area contributed by atoms with Gasteiger partial charge in [0.1, 0.15) is 5.60 Å². The molecule has 2 N–H and O–H groups in total. The van der Waals surface area contributed by atoms with Gasteiger partial charge in [-0.2, -0.15) is 0 Å². The van der Waals surface area contributed by atoms with Gasteiger partial charge in [0, 0.05) is 12.5 Å². The second-order valence-electron chi connectivity index (χ2n) is 6.13. The number of hydrogen-bond donors (Lipinski definition) is 2. The van der Waals surface area contributed by atoms with E-state index in [0.29, 0.717) is 0 Å². The average Bonchev–Trinajstić information content (AvgIpc) is 2.21. The highest BCUT2D eigenvalue weighted by Gasteiger charge is 2.28. The van der Waals surface area contributed by atoms with Gasteiger partial charge in [0.2, 0.25) is 0 Å². The van der Waals surface area contributed by atoms with E-state index in [9.17, 15) is 9.59 Å². The number of hydrogen-bond acceptors (Lipinski definition) is 3. The lowest BCUT2D eigenvalue weighted by molar-refractivity contribution is -0.138. The summed E-state index contributed by atoms with van der Waals surface area (Å²) in [6.45, 7) is 11.2. The smallest absolute Gasteiger partial charge is 0.407 e. The van der Waals surface area contributed by atoms with Crippen LogP contribution in [0.15, 0.2) is 0 Å². The number of rotatable bonds is 6. The predicted octanol–water partition coefficient (Wildman–Crippen LogP) is 3.04. The molecule has 0 saturated heterocycles. The molecule has 0 aromatic heterocycles. The predicted molar refractivity (Wildman–Crippen MR) is 74.0 cm³/mol. The fraction of sp³-hybridized carbons (Fsp3) is 0.857. The van der Waals surface area contributed by atoms with E-state index < -0.39 is 17.7 Å². The highest BCUT2D eigenvalue weighted by molar-refractivity contribution is 5.69. The highest BCUT2D eigenvalue weighted by Crippen LogP contribution is 2.20. The number of carboxylic acid groups (broad SMARTS) is 1. The van der Waals surface area contributed by atoms with E-state index in [4.69, 9.17) is 9.84 Å². The van der Waals surface area contributed by atoms with E-state index in [1.165, 1.54) is 0 Å². The van der Waals surface area contributed by atoms with E-state index in [2.05, 4.69) is 5.32 Å². The van der Waals surface area contributed by atoms with Crippen LogP contribution in [0.25, 0.3) is 0 Å². The van der Waals surface area contributed by atoms with Crippen molar-refractivity contribution in [1.82, 2.24) is 5.32 Å². The van der Waals surface area contributed by atoms with Crippen LogP contribution in [0.3, 0.4) is 0 Å². The van der Waals surface area contributed by atoms with E-state index in [1.807, 2.05) is 20.8 Å². The fourth-order valence-electron chi connectivity index (χ4n) is 1.95. The maximum Gasteiger partial charge on any atom is 0.407 e. The Hall–Kier alpha value is -1.26. The molecule has 0 aromatic carbocycles. The third-order valence-electron chi connectivity index (χ3n) is 3.05. The summed E-state index contributed by atoms with van der Waals surface area (Å²) < 4.78 is 5.22. The molecule has 0 rings (SSSR count). The second kappa shape index (κ2) is 7.36. The van der Waals surface area contributed by atoms with Crippen molar-refractivity contribution in [3.8, 4) is 0 Å². The van der Waals surface area contributed by atoms with Crippen molar-refractivity contribution in [2.75, 3.05) is 0 Å². The van der Waals surface area contributed by atoms with Gasteiger partial charge >= 0.3 is 12.1 Å². The Morgan fingerprint density at radius 2 is 1.74 bits per heavy atom. The van der Waals surface area contributed by atoms with Gasteiger partial charge in [-0.05, 0) is 32.6 Å². The van der Waals surface area contributed by atoms with Gasteiger partial charge in [0.15, 0.2) is 0 Å². The molecule has 0 aliphatic rings. The molecule has 0 fully saturated rings. The Bertz CT molecular complexity index is 309. The van der Waals surface area contributed by atoms with E-state index in [0.717, 1.165) is 6.42 Å². The standard InChI is InChI=1S/C14H27NO4/c1-7-9(2)12(10(3)8-11(16)17)15-13(18)19-14(4,5)6/h9-10,12H,7-8H2,1-6H3,(H,15,18)(H,16,17)/t9-,10-,12-/m0/s1. The first kappa shape index (κ1) is 17.7. The Morgan fingerprint density at radius 3 is 2.11 bits per heavy atom. The molecular weight excluding hydrogens is 246 g/mol. The van der Waals surface area contributed by atoms with Crippen molar-refractivity contribution >= 4 is 12.1 Å². The Morgan fingerprint density at radius 1 is 1.21 bits per heavy atom. The minimum Gasteiger partial charge on any atom is -0.481 e. The third kappa shape index (κ3) is 7.70. The van der Waals surface area contributed by atoms with Gasteiger partial charge in [0.25, 0.3) is 0 Å².